The molecule has 3 rings (SSSR count). The molecule has 2 aliphatic rings. The lowest BCUT2D eigenvalue weighted by Crippen LogP contribution is -2.37. The van der Waals surface area contributed by atoms with E-state index in [1.807, 2.05) is 36.9 Å². The Morgan fingerprint density at radius 3 is 2.79 bits per heavy atom. The van der Waals surface area contributed by atoms with E-state index in [4.69, 9.17) is 5.26 Å². The first-order valence-electron chi connectivity index (χ1n) is 7.53. The average Bonchev–Trinajstić information content (AvgIpc) is 2.93. The summed E-state index contributed by atoms with van der Waals surface area (Å²) in [6, 6.07) is 7.44. The highest BCUT2D eigenvalue weighted by atomic mass is 32.2. The van der Waals surface area contributed by atoms with Crippen molar-refractivity contribution in [2.75, 3.05) is 16.4 Å². The van der Waals surface area contributed by atoms with Crippen LogP contribution in [-0.2, 0) is 14.6 Å². The first-order chi connectivity index (χ1) is 11.3. The molecule has 1 amide bonds. The highest BCUT2D eigenvalue weighted by Crippen LogP contribution is 2.41. The fourth-order valence-corrected chi connectivity index (χ4v) is 6.89. The summed E-state index contributed by atoms with van der Waals surface area (Å²) < 4.78 is 24.0. The van der Waals surface area contributed by atoms with E-state index in [1.54, 1.807) is 6.07 Å². The maximum atomic E-state index is 12.0. The number of nitrogens with zero attached hydrogens (tertiary/aromatic N) is 3. The van der Waals surface area contributed by atoms with Gasteiger partial charge in [0.1, 0.15) is 6.42 Å². The number of amides is 1. The van der Waals surface area contributed by atoms with Gasteiger partial charge in [-0.15, -0.1) is 0 Å². The average molecular weight is 363 g/mol. The van der Waals surface area contributed by atoms with E-state index in [0.717, 1.165) is 16.8 Å². The van der Waals surface area contributed by atoms with E-state index in [1.165, 1.54) is 11.8 Å². The maximum Gasteiger partial charge on any atom is 0.262 e. The van der Waals surface area contributed by atoms with Crippen LogP contribution in [0.25, 0.3) is 0 Å². The zero-order valence-corrected chi connectivity index (χ0v) is 15.0. The summed E-state index contributed by atoms with van der Waals surface area (Å²) in [6.45, 7) is 3.99. The van der Waals surface area contributed by atoms with Gasteiger partial charge in [0.2, 0.25) is 0 Å². The zero-order valence-electron chi connectivity index (χ0n) is 13.4. The minimum atomic E-state index is -3.08. The Morgan fingerprint density at radius 1 is 1.38 bits per heavy atom. The summed E-state index contributed by atoms with van der Waals surface area (Å²) in [5.41, 5.74) is 3.06. The molecule has 0 aromatic heterocycles. The first-order valence-corrected chi connectivity index (χ1v) is 10.2. The van der Waals surface area contributed by atoms with E-state index in [2.05, 4.69) is 4.99 Å². The molecule has 2 fully saturated rings. The number of benzene rings is 1. The molecule has 0 spiro atoms. The molecule has 0 N–H and O–H groups in total. The third kappa shape index (κ3) is 3.19. The van der Waals surface area contributed by atoms with Gasteiger partial charge in [0.05, 0.1) is 23.6 Å². The van der Waals surface area contributed by atoms with Crippen LogP contribution in [0, 0.1) is 25.2 Å². The number of carbonyl (C=O) groups is 1. The lowest BCUT2D eigenvalue weighted by molar-refractivity contribution is -0.116. The van der Waals surface area contributed by atoms with Crippen LogP contribution in [0.1, 0.15) is 17.5 Å². The summed E-state index contributed by atoms with van der Waals surface area (Å²) in [5, 5.41) is 9.01. The number of fused-ring (bicyclic) bond motifs is 1. The van der Waals surface area contributed by atoms with Crippen molar-refractivity contribution < 1.29 is 13.2 Å². The van der Waals surface area contributed by atoms with Crippen molar-refractivity contribution in [3.63, 3.8) is 0 Å². The molecule has 1 aromatic rings. The van der Waals surface area contributed by atoms with Crippen LogP contribution in [0.15, 0.2) is 23.2 Å². The monoisotopic (exact) mass is 363 g/mol. The van der Waals surface area contributed by atoms with Gasteiger partial charge in [-0.05, 0) is 37.1 Å². The zero-order chi connectivity index (χ0) is 17.5. The Labute approximate surface area is 145 Å². The van der Waals surface area contributed by atoms with Gasteiger partial charge in [-0.25, -0.2) is 8.42 Å². The molecule has 0 radical (unpaired) electrons. The third-order valence-electron chi connectivity index (χ3n) is 4.29. The van der Waals surface area contributed by atoms with Crippen molar-refractivity contribution in [1.82, 2.24) is 0 Å². The predicted molar refractivity (Wildman–Crippen MR) is 94.9 cm³/mol. The topological polar surface area (TPSA) is 90.6 Å². The smallest absolute Gasteiger partial charge is 0.262 e. The number of rotatable bonds is 2. The Morgan fingerprint density at radius 2 is 2.12 bits per heavy atom. The van der Waals surface area contributed by atoms with Crippen LogP contribution in [0.2, 0.25) is 0 Å². The normalized spacial score (nSPS) is 26.4. The van der Waals surface area contributed by atoms with Crippen LogP contribution in [0.5, 0.6) is 0 Å². The van der Waals surface area contributed by atoms with E-state index < -0.39 is 15.7 Å². The lowest BCUT2D eigenvalue weighted by Gasteiger charge is -2.25. The molecule has 0 saturated carbocycles. The van der Waals surface area contributed by atoms with Crippen LogP contribution >= 0.6 is 11.8 Å². The number of carbonyl (C=O) groups excluding carboxylic acids is 1. The van der Waals surface area contributed by atoms with Gasteiger partial charge < -0.3 is 4.90 Å². The van der Waals surface area contributed by atoms with E-state index in [-0.39, 0.29) is 29.2 Å². The van der Waals surface area contributed by atoms with E-state index in [0.29, 0.717) is 5.17 Å². The molecule has 2 atom stereocenters. The summed E-state index contributed by atoms with van der Waals surface area (Å²) in [4.78, 5) is 17.7. The Hall–Kier alpha value is -1.85. The molecule has 0 bridgehead atoms. The number of hydrogen-bond donors (Lipinski definition) is 0. The van der Waals surface area contributed by atoms with Crippen molar-refractivity contribution >= 4 is 38.4 Å². The van der Waals surface area contributed by atoms with Crippen molar-refractivity contribution in [2.24, 2.45) is 4.99 Å². The number of aryl methyl sites for hydroxylation is 2. The van der Waals surface area contributed by atoms with Gasteiger partial charge >= 0.3 is 0 Å². The highest BCUT2D eigenvalue weighted by Gasteiger charge is 2.49. The minimum Gasteiger partial charge on any atom is -0.316 e. The Bertz CT molecular complexity index is 871. The van der Waals surface area contributed by atoms with Gasteiger partial charge in [0, 0.05) is 10.9 Å². The van der Waals surface area contributed by atoms with Crippen LogP contribution < -0.4 is 4.90 Å². The molecule has 1 aromatic carbocycles. The molecular weight excluding hydrogens is 346 g/mol. The van der Waals surface area contributed by atoms with Gasteiger partial charge in [0.25, 0.3) is 5.91 Å². The number of nitriles is 1. The summed E-state index contributed by atoms with van der Waals surface area (Å²) in [6.07, 6.45) is -0.279. The number of sulfone groups is 1. The number of hydrogen-bond acceptors (Lipinski definition) is 5. The fourth-order valence-electron chi connectivity index (χ4n) is 2.96. The second kappa shape index (κ2) is 6.22. The van der Waals surface area contributed by atoms with Gasteiger partial charge in [-0.3, -0.25) is 4.79 Å². The number of aliphatic imine (C=N–C) groups is 1. The molecule has 0 aliphatic carbocycles. The van der Waals surface area contributed by atoms with Gasteiger partial charge in [0.15, 0.2) is 15.0 Å². The number of thioether (sulfide) groups is 1. The largest absolute Gasteiger partial charge is 0.316 e. The van der Waals surface area contributed by atoms with E-state index in [9.17, 15) is 13.2 Å². The highest BCUT2D eigenvalue weighted by molar-refractivity contribution is 8.16. The quantitative estimate of drug-likeness (QED) is 0.796. The standard InChI is InChI=1S/C16H17N3O3S2/c1-10-3-4-12(7-11(10)2)19-13-8-24(21,22)9-14(13)23-16(19)18-15(20)5-6-17/h3-4,7,13-14H,5,8-9H2,1-2H3/t13-,14+/m1/s1. The molecule has 0 unspecified atom stereocenters. The van der Waals surface area contributed by atoms with Crippen LogP contribution in [-0.4, -0.2) is 42.3 Å². The predicted octanol–water partition coefficient (Wildman–Crippen LogP) is 1.82. The summed E-state index contributed by atoms with van der Waals surface area (Å²) >= 11 is 1.32. The Kier molecular flexibility index (Phi) is 4.40. The molecule has 2 saturated heterocycles. The maximum absolute atomic E-state index is 12.0. The number of anilines is 1. The van der Waals surface area contributed by atoms with Crippen molar-refractivity contribution in [3.8, 4) is 6.07 Å². The minimum absolute atomic E-state index is 0.0586. The first kappa shape index (κ1) is 17.0. The molecule has 24 heavy (non-hydrogen) atoms. The van der Waals surface area contributed by atoms with Gasteiger partial charge in [-0.2, -0.15) is 10.3 Å². The summed E-state index contributed by atoms with van der Waals surface area (Å²) in [5.74, 6) is -0.352. The van der Waals surface area contributed by atoms with Crippen molar-refractivity contribution in [1.29, 1.82) is 5.26 Å². The fraction of sp³-hybridized carbons (Fsp3) is 0.438. The SMILES string of the molecule is Cc1ccc(N2C(=NC(=O)CC#N)S[C@H]3CS(=O)(=O)C[C@H]32)cc1C. The van der Waals surface area contributed by atoms with Crippen molar-refractivity contribution in [3.05, 3.63) is 29.3 Å². The van der Waals surface area contributed by atoms with Crippen LogP contribution in [0.3, 0.4) is 0 Å². The molecule has 2 heterocycles. The van der Waals surface area contributed by atoms with Crippen LogP contribution in [0.4, 0.5) is 5.69 Å². The lowest BCUT2D eigenvalue weighted by atomic mass is 10.1. The van der Waals surface area contributed by atoms with E-state index >= 15 is 0 Å². The molecular formula is C16H17N3O3S2. The molecule has 8 heteroatoms. The van der Waals surface area contributed by atoms with Crippen molar-refractivity contribution in [2.45, 2.75) is 31.6 Å². The molecule has 126 valence electrons. The Balaban J connectivity index is 2.03. The molecule has 6 nitrogen and oxygen atoms in total. The molecule has 2 aliphatic heterocycles. The second-order valence-electron chi connectivity index (χ2n) is 6.06. The second-order valence-corrected chi connectivity index (χ2v) is 9.42. The summed E-state index contributed by atoms with van der Waals surface area (Å²) in [7, 11) is -3.08. The number of amidine groups is 1. The third-order valence-corrected chi connectivity index (χ3v) is 7.50. The van der Waals surface area contributed by atoms with Gasteiger partial charge in [-0.1, -0.05) is 17.8 Å².